The summed E-state index contributed by atoms with van der Waals surface area (Å²) in [5, 5.41) is 15.4. The van der Waals surface area contributed by atoms with E-state index < -0.39 is 17.7 Å². The lowest BCUT2D eigenvalue weighted by Gasteiger charge is -2.10. The molecule has 2 aromatic rings. The minimum atomic E-state index is -1.26. The van der Waals surface area contributed by atoms with E-state index in [4.69, 9.17) is 5.11 Å². The number of rotatable bonds is 3. The topological polar surface area (TPSA) is 84.2 Å². The van der Waals surface area contributed by atoms with Gasteiger partial charge in [0.1, 0.15) is 5.69 Å². The Kier molecular flexibility index (Phi) is 3.51. The zero-order valence-corrected chi connectivity index (χ0v) is 10.8. The average molecular weight is 277 g/mol. The van der Waals surface area contributed by atoms with Crippen LogP contribution in [0.1, 0.15) is 22.8 Å². The van der Waals surface area contributed by atoms with Gasteiger partial charge < -0.3 is 10.4 Å². The highest BCUT2D eigenvalue weighted by Gasteiger charge is 2.17. The maximum atomic E-state index is 14.0. The summed E-state index contributed by atoms with van der Waals surface area (Å²) in [6, 6.07) is 2.10. The molecule has 0 fully saturated rings. The number of carbonyl (C=O) groups excluding carboxylic acids is 1. The van der Waals surface area contributed by atoms with E-state index in [1.807, 2.05) is 0 Å². The van der Waals surface area contributed by atoms with Crippen molar-refractivity contribution in [2.75, 3.05) is 5.32 Å². The first-order chi connectivity index (χ1) is 9.38. The van der Waals surface area contributed by atoms with Gasteiger partial charge in [-0.05, 0) is 18.6 Å². The lowest BCUT2D eigenvalue weighted by molar-refractivity contribution is -0.114. The molecule has 0 spiro atoms. The molecule has 0 radical (unpaired) electrons. The number of aryl methyl sites for hydroxylation is 1. The molecule has 1 aromatic heterocycles. The number of nitrogens with zero attached hydrogens (tertiary/aromatic N) is 2. The Bertz CT molecular complexity index is 694. The highest BCUT2D eigenvalue weighted by Crippen LogP contribution is 2.23. The molecule has 2 N–H and O–H groups in total. The lowest BCUT2D eigenvalue weighted by Crippen LogP contribution is -2.13. The van der Waals surface area contributed by atoms with Crippen LogP contribution in [0.4, 0.5) is 10.1 Å². The number of nitrogens with one attached hydrogen (secondary N) is 1. The number of hydrogen-bond acceptors (Lipinski definition) is 3. The number of halogens is 1. The molecule has 20 heavy (non-hydrogen) atoms. The summed E-state index contributed by atoms with van der Waals surface area (Å²) < 4.78 is 15.3. The van der Waals surface area contributed by atoms with Crippen LogP contribution < -0.4 is 5.32 Å². The number of aromatic nitrogens is 2. The Morgan fingerprint density at radius 2 is 2.10 bits per heavy atom. The summed E-state index contributed by atoms with van der Waals surface area (Å²) >= 11 is 0. The van der Waals surface area contributed by atoms with E-state index in [0.717, 1.165) is 17.7 Å². The van der Waals surface area contributed by atoms with Crippen LogP contribution in [0, 0.1) is 12.7 Å². The van der Waals surface area contributed by atoms with Crippen molar-refractivity contribution in [2.24, 2.45) is 0 Å². The van der Waals surface area contributed by atoms with Gasteiger partial charge in [0.15, 0.2) is 5.82 Å². The summed E-state index contributed by atoms with van der Waals surface area (Å²) in [6.07, 6.45) is 3.10. The molecule has 0 saturated carbocycles. The summed E-state index contributed by atoms with van der Waals surface area (Å²) in [5.41, 5.74) is 0.525. The van der Waals surface area contributed by atoms with Crippen molar-refractivity contribution in [3.05, 3.63) is 41.5 Å². The fourth-order valence-corrected chi connectivity index (χ4v) is 1.75. The van der Waals surface area contributed by atoms with E-state index >= 15 is 0 Å². The van der Waals surface area contributed by atoms with Gasteiger partial charge >= 0.3 is 5.97 Å². The first kappa shape index (κ1) is 13.7. The van der Waals surface area contributed by atoms with Crippen molar-refractivity contribution < 1.29 is 19.1 Å². The molecule has 0 atom stereocenters. The fourth-order valence-electron chi connectivity index (χ4n) is 1.75. The second-order valence-corrected chi connectivity index (χ2v) is 4.30. The molecule has 0 aliphatic carbocycles. The summed E-state index contributed by atoms with van der Waals surface area (Å²) in [6.45, 7) is 3.00. The van der Waals surface area contributed by atoms with Gasteiger partial charge in [0.25, 0.3) is 0 Å². The van der Waals surface area contributed by atoms with Crippen molar-refractivity contribution in [1.29, 1.82) is 0 Å². The molecule has 0 bridgehead atoms. The van der Waals surface area contributed by atoms with Gasteiger partial charge in [-0.2, -0.15) is 5.10 Å². The van der Waals surface area contributed by atoms with Crippen LogP contribution in [0.2, 0.25) is 0 Å². The molecule has 1 amide bonds. The lowest BCUT2D eigenvalue weighted by atomic mass is 10.1. The van der Waals surface area contributed by atoms with E-state index in [9.17, 15) is 14.0 Å². The molecular formula is C13H12FN3O3. The molecule has 2 rings (SSSR count). The Balaban J connectivity index is 2.58. The summed E-state index contributed by atoms with van der Waals surface area (Å²) in [4.78, 5) is 22.2. The molecule has 1 heterocycles. The number of carboxylic acid groups (broad SMARTS) is 1. The molecule has 104 valence electrons. The number of amides is 1. The van der Waals surface area contributed by atoms with Gasteiger partial charge in [-0.15, -0.1) is 0 Å². The minimum Gasteiger partial charge on any atom is -0.478 e. The SMILES string of the molecule is CC(=O)Nc1cc(F)c(-n2cc(C)cn2)cc1C(=O)O. The van der Waals surface area contributed by atoms with Crippen molar-refractivity contribution >= 4 is 17.6 Å². The maximum Gasteiger partial charge on any atom is 0.337 e. The zero-order chi connectivity index (χ0) is 14.9. The van der Waals surface area contributed by atoms with E-state index in [0.29, 0.717) is 0 Å². The van der Waals surface area contributed by atoms with Gasteiger partial charge in [-0.1, -0.05) is 0 Å². The average Bonchev–Trinajstić information content (AvgIpc) is 2.74. The molecule has 0 aliphatic heterocycles. The quantitative estimate of drug-likeness (QED) is 0.898. The second kappa shape index (κ2) is 5.12. The van der Waals surface area contributed by atoms with Crippen molar-refractivity contribution in [3.63, 3.8) is 0 Å². The van der Waals surface area contributed by atoms with Crippen LogP contribution in [0.25, 0.3) is 5.69 Å². The Morgan fingerprint density at radius 3 is 2.60 bits per heavy atom. The number of anilines is 1. The Morgan fingerprint density at radius 1 is 1.40 bits per heavy atom. The van der Waals surface area contributed by atoms with E-state index in [1.165, 1.54) is 17.8 Å². The number of carbonyl (C=O) groups is 2. The van der Waals surface area contributed by atoms with Crippen LogP contribution in [-0.2, 0) is 4.79 Å². The van der Waals surface area contributed by atoms with E-state index in [-0.39, 0.29) is 16.9 Å². The standard InChI is InChI=1S/C13H12FN3O3/c1-7-5-15-17(6-7)12-3-9(13(19)20)11(4-10(12)14)16-8(2)18/h3-6H,1-2H3,(H,16,18)(H,19,20). The molecule has 1 aromatic carbocycles. The molecule has 0 aliphatic rings. The second-order valence-electron chi connectivity index (χ2n) is 4.30. The predicted molar refractivity (Wildman–Crippen MR) is 69.5 cm³/mol. The molecular weight excluding hydrogens is 265 g/mol. The van der Waals surface area contributed by atoms with Gasteiger partial charge in [-0.3, -0.25) is 4.79 Å². The normalized spacial score (nSPS) is 10.3. The monoisotopic (exact) mass is 277 g/mol. The summed E-state index contributed by atoms with van der Waals surface area (Å²) in [7, 11) is 0. The molecule has 0 saturated heterocycles. The van der Waals surface area contributed by atoms with E-state index in [1.54, 1.807) is 13.1 Å². The van der Waals surface area contributed by atoms with Crippen LogP contribution in [0.5, 0.6) is 0 Å². The Labute approximate surface area is 113 Å². The first-order valence-corrected chi connectivity index (χ1v) is 5.74. The van der Waals surface area contributed by atoms with Gasteiger partial charge in [0, 0.05) is 19.2 Å². The maximum absolute atomic E-state index is 14.0. The fraction of sp³-hybridized carbons (Fsp3) is 0.154. The van der Waals surface area contributed by atoms with Gasteiger partial charge in [0.05, 0.1) is 17.4 Å². The molecule has 0 unspecified atom stereocenters. The van der Waals surface area contributed by atoms with Crippen molar-refractivity contribution in [1.82, 2.24) is 9.78 Å². The first-order valence-electron chi connectivity index (χ1n) is 5.74. The van der Waals surface area contributed by atoms with Crippen molar-refractivity contribution in [2.45, 2.75) is 13.8 Å². The highest BCUT2D eigenvalue weighted by atomic mass is 19.1. The number of hydrogen-bond donors (Lipinski definition) is 2. The third-order valence-electron chi connectivity index (χ3n) is 2.59. The largest absolute Gasteiger partial charge is 0.478 e. The van der Waals surface area contributed by atoms with Crippen molar-refractivity contribution in [3.8, 4) is 5.69 Å². The highest BCUT2D eigenvalue weighted by molar-refractivity contribution is 6.00. The third kappa shape index (κ3) is 2.66. The third-order valence-corrected chi connectivity index (χ3v) is 2.59. The smallest absolute Gasteiger partial charge is 0.337 e. The van der Waals surface area contributed by atoms with Crippen LogP contribution >= 0.6 is 0 Å². The van der Waals surface area contributed by atoms with Gasteiger partial charge in [0.2, 0.25) is 5.91 Å². The number of carboxylic acids is 1. The molecule has 7 heteroatoms. The van der Waals surface area contributed by atoms with Crippen LogP contribution in [0.3, 0.4) is 0 Å². The van der Waals surface area contributed by atoms with Gasteiger partial charge in [-0.25, -0.2) is 13.9 Å². The number of benzene rings is 1. The van der Waals surface area contributed by atoms with Crippen LogP contribution in [0.15, 0.2) is 24.5 Å². The summed E-state index contributed by atoms with van der Waals surface area (Å²) in [5.74, 6) is -2.42. The van der Waals surface area contributed by atoms with Crippen LogP contribution in [-0.4, -0.2) is 26.8 Å². The molecule has 6 nitrogen and oxygen atoms in total. The Hall–Kier alpha value is -2.70. The predicted octanol–water partition coefficient (Wildman–Crippen LogP) is 1.98. The minimum absolute atomic E-state index is 0.00426. The zero-order valence-electron chi connectivity index (χ0n) is 10.8. The number of aromatic carboxylic acids is 1. The van der Waals surface area contributed by atoms with E-state index in [2.05, 4.69) is 10.4 Å².